The minimum absolute atomic E-state index is 0.220. The number of carboxylic acids is 1. The van der Waals surface area contributed by atoms with E-state index < -0.39 is 12.0 Å². The van der Waals surface area contributed by atoms with Gasteiger partial charge in [0.05, 0.1) is 11.3 Å². The van der Waals surface area contributed by atoms with Crippen molar-refractivity contribution >= 4 is 27.6 Å². The normalized spacial score (nSPS) is 28.2. The Labute approximate surface area is 126 Å². The quantitative estimate of drug-likeness (QED) is 0.902. The second kappa shape index (κ2) is 5.10. The first-order chi connectivity index (χ1) is 9.61. The zero-order valence-electron chi connectivity index (χ0n) is 10.9. The van der Waals surface area contributed by atoms with Gasteiger partial charge in [-0.1, -0.05) is 22.4 Å². The van der Waals surface area contributed by atoms with Crippen LogP contribution in [0.4, 0.5) is 5.69 Å². The molecular formula is C15H15BrN2O2. The Hall–Kier alpha value is -1.54. The van der Waals surface area contributed by atoms with Crippen LogP contribution in [0.2, 0.25) is 0 Å². The monoisotopic (exact) mass is 334 g/mol. The number of benzene rings is 1. The molecule has 2 aliphatic rings. The zero-order valence-corrected chi connectivity index (χ0v) is 12.5. The van der Waals surface area contributed by atoms with E-state index in [-0.39, 0.29) is 5.92 Å². The Morgan fingerprint density at radius 2 is 2.25 bits per heavy atom. The highest BCUT2D eigenvalue weighted by Gasteiger charge is 2.48. The van der Waals surface area contributed by atoms with Crippen molar-refractivity contribution in [3.05, 3.63) is 28.2 Å². The number of carbonyl (C=O) groups is 1. The second-order valence-corrected chi connectivity index (χ2v) is 6.48. The van der Waals surface area contributed by atoms with Gasteiger partial charge in [0.1, 0.15) is 12.1 Å². The van der Waals surface area contributed by atoms with Gasteiger partial charge in [0, 0.05) is 11.0 Å². The smallest absolute Gasteiger partial charge is 0.326 e. The van der Waals surface area contributed by atoms with Crippen LogP contribution in [0.5, 0.6) is 0 Å². The fourth-order valence-electron chi connectivity index (χ4n) is 3.71. The van der Waals surface area contributed by atoms with Gasteiger partial charge in [0.2, 0.25) is 0 Å². The van der Waals surface area contributed by atoms with Crippen LogP contribution in [0.1, 0.15) is 24.8 Å². The molecule has 1 heterocycles. The molecule has 3 rings (SSSR count). The van der Waals surface area contributed by atoms with Crippen molar-refractivity contribution in [2.45, 2.75) is 25.3 Å². The largest absolute Gasteiger partial charge is 0.480 e. The number of aliphatic carboxylic acids is 1. The van der Waals surface area contributed by atoms with E-state index in [2.05, 4.69) is 22.0 Å². The maximum Gasteiger partial charge on any atom is 0.326 e. The third-order valence-corrected chi connectivity index (χ3v) is 5.03. The first-order valence-electron chi connectivity index (χ1n) is 6.81. The van der Waals surface area contributed by atoms with Crippen LogP contribution < -0.4 is 4.90 Å². The maximum absolute atomic E-state index is 11.7. The Morgan fingerprint density at radius 1 is 1.45 bits per heavy atom. The summed E-state index contributed by atoms with van der Waals surface area (Å²) in [5, 5.41) is 18.8. The number of hydrogen-bond donors (Lipinski definition) is 1. The number of carboxylic acid groups (broad SMARTS) is 1. The summed E-state index contributed by atoms with van der Waals surface area (Å²) in [5.74, 6) is -0.108. The molecule has 20 heavy (non-hydrogen) atoms. The lowest BCUT2D eigenvalue weighted by molar-refractivity contribution is -0.139. The fraction of sp³-hybridized carbons (Fsp3) is 0.467. The summed E-state index contributed by atoms with van der Waals surface area (Å²) in [7, 11) is 0. The van der Waals surface area contributed by atoms with Gasteiger partial charge in [-0.3, -0.25) is 0 Å². The van der Waals surface area contributed by atoms with Crippen LogP contribution in [0, 0.1) is 23.2 Å². The predicted octanol–water partition coefficient (Wildman–Crippen LogP) is 3.01. The van der Waals surface area contributed by atoms with Crippen LogP contribution in [-0.4, -0.2) is 23.7 Å². The standard InChI is InChI=1S/C15H15BrN2O2/c16-11-5-4-9(7-17)13(6-11)18-8-10-2-1-3-12(10)14(18)15(19)20/h4-6,10,12,14H,1-3,8H2,(H,19,20). The molecule has 0 aromatic heterocycles. The number of hydrogen-bond acceptors (Lipinski definition) is 3. The van der Waals surface area contributed by atoms with Gasteiger partial charge in [-0.25, -0.2) is 4.79 Å². The summed E-state index contributed by atoms with van der Waals surface area (Å²) >= 11 is 3.41. The van der Waals surface area contributed by atoms with Crippen LogP contribution in [-0.2, 0) is 4.79 Å². The van der Waals surface area contributed by atoms with Crippen molar-refractivity contribution in [1.29, 1.82) is 5.26 Å². The Morgan fingerprint density at radius 3 is 2.95 bits per heavy atom. The third kappa shape index (κ3) is 2.08. The molecule has 0 radical (unpaired) electrons. The summed E-state index contributed by atoms with van der Waals surface area (Å²) in [6.45, 7) is 0.743. The maximum atomic E-state index is 11.7. The van der Waals surface area contributed by atoms with Crippen molar-refractivity contribution < 1.29 is 9.90 Å². The van der Waals surface area contributed by atoms with Gasteiger partial charge in [0.25, 0.3) is 0 Å². The SMILES string of the molecule is N#Cc1ccc(Br)cc1N1CC2CCCC2C1C(=O)O. The lowest BCUT2D eigenvalue weighted by Gasteiger charge is -2.27. The molecule has 1 aliphatic carbocycles. The highest BCUT2D eigenvalue weighted by atomic mass is 79.9. The van der Waals surface area contributed by atoms with Gasteiger partial charge in [-0.15, -0.1) is 0 Å². The predicted molar refractivity (Wildman–Crippen MR) is 78.5 cm³/mol. The molecular weight excluding hydrogens is 320 g/mol. The molecule has 1 saturated carbocycles. The summed E-state index contributed by atoms with van der Waals surface area (Å²) in [6.07, 6.45) is 3.20. The van der Waals surface area contributed by atoms with Gasteiger partial charge < -0.3 is 10.0 Å². The minimum Gasteiger partial charge on any atom is -0.480 e. The van der Waals surface area contributed by atoms with Crippen molar-refractivity contribution in [3.63, 3.8) is 0 Å². The summed E-state index contributed by atoms with van der Waals surface area (Å²) in [4.78, 5) is 13.6. The fourth-order valence-corrected chi connectivity index (χ4v) is 4.06. The number of nitrogens with zero attached hydrogens (tertiary/aromatic N) is 2. The molecule has 5 heteroatoms. The Kier molecular flexibility index (Phi) is 3.43. The van der Waals surface area contributed by atoms with E-state index in [9.17, 15) is 15.2 Å². The van der Waals surface area contributed by atoms with Gasteiger partial charge >= 0.3 is 5.97 Å². The van der Waals surface area contributed by atoms with E-state index in [1.165, 1.54) is 0 Å². The van der Waals surface area contributed by atoms with Crippen LogP contribution in [0.3, 0.4) is 0 Å². The zero-order chi connectivity index (χ0) is 14.3. The molecule has 1 aliphatic heterocycles. The number of halogens is 1. The molecule has 1 N–H and O–H groups in total. The molecule has 1 aromatic rings. The van der Waals surface area contributed by atoms with E-state index in [0.717, 1.165) is 36.0 Å². The topological polar surface area (TPSA) is 64.3 Å². The lowest BCUT2D eigenvalue weighted by atomic mass is 9.94. The average Bonchev–Trinajstić information content (AvgIpc) is 2.97. The van der Waals surface area contributed by atoms with Crippen LogP contribution in [0.25, 0.3) is 0 Å². The van der Waals surface area contributed by atoms with Gasteiger partial charge in [-0.2, -0.15) is 5.26 Å². The van der Waals surface area contributed by atoms with Gasteiger partial charge in [0.15, 0.2) is 0 Å². The molecule has 4 nitrogen and oxygen atoms in total. The Balaban J connectivity index is 2.03. The number of fused-ring (bicyclic) bond motifs is 1. The van der Waals surface area contributed by atoms with Gasteiger partial charge in [-0.05, 0) is 42.9 Å². The Bertz CT molecular complexity index is 596. The lowest BCUT2D eigenvalue weighted by Crippen LogP contribution is -2.40. The molecule has 3 unspecified atom stereocenters. The van der Waals surface area contributed by atoms with Crippen LogP contribution in [0.15, 0.2) is 22.7 Å². The molecule has 2 fully saturated rings. The number of anilines is 1. The summed E-state index contributed by atoms with van der Waals surface area (Å²) in [5.41, 5.74) is 1.28. The summed E-state index contributed by atoms with van der Waals surface area (Å²) < 4.78 is 0.868. The molecule has 104 valence electrons. The summed E-state index contributed by atoms with van der Waals surface area (Å²) in [6, 6.07) is 7.09. The highest BCUT2D eigenvalue weighted by molar-refractivity contribution is 9.10. The molecule has 0 spiro atoms. The first-order valence-corrected chi connectivity index (χ1v) is 7.60. The molecule has 3 atom stereocenters. The third-order valence-electron chi connectivity index (χ3n) is 4.53. The van der Waals surface area contributed by atoms with Crippen molar-refractivity contribution in [1.82, 2.24) is 0 Å². The first kappa shape index (κ1) is 13.4. The molecule has 0 bridgehead atoms. The van der Waals surface area contributed by atoms with Crippen LogP contribution >= 0.6 is 15.9 Å². The second-order valence-electron chi connectivity index (χ2n) is 5.56. The van der Waals surface area contributed by atoms with E-state index >= 15 is 0 Å². The van der Waals surface area contributed by atoms with Crippen molar-refractivity contribution in [2.75, 3.05) is 11.4 Å². The minimum atomic E-state index is -0.775. The van der Waals surface area contributed by atoms with E-state index in [0.29, 0.717) is 11.5 Å². The highest BCUT2D eigenvalue weighted by Crippen LogP contribution is 2.45. The molecule has 1 saturated heterocycles. The van der Waals surface area contributed by atoms with E-state index in [1.807, 2.05) is 17.0 Å². The average molecular weight is 335 g/mol. The number of nitriles is 1. The van der Waals surface area contributed by atoms with Crippen molar-refractivity contribution in [2.24, 2.45) is 11.8 Å². The van der Waals surface area contributed by atoms with E-state index in [4.69, 9.17) is 0 Å². The van der Waals surface area contributed by atoms with E-state index in [1.54, 1.807) is 6.07 Å². The van der Waals surface area contributed by atoms with Crippen molar-refractivity contribution in [3.8, 4) is 6.07 Å². The molecule has 1 aromatic carbocycles. The number of rotatable bonds is 2. The molecule has 0 amide bonds.